The maximum atomic E-state index is 12.3. The molecular formula is C15H13N3O4. The molecular weight excluding hydrogens is 286 g/mol. The van der Waals surface area contributed by atoms with E-state index in [1.807, 2.05) is 6.07 Å². The molecule has 2 rings (SSSR count). The second kappa shape index (κ2) is 6.10. The summed E-state index contributed by atoms with van der Waals surface area (Å²) in [4.78, 5) is 24.1. The normalized spacial score (nSPS) is 9.91. The third-order valence-corrected chi connectivity index (χ3v) is 3.14. The summed E-state index contributed by atoms with van der Waals surface area (Å²) in [6.45, 7) is 1.48. The van der Waals surface area contributed by atoms with E-state index >= 15 is 0 Å². The van der Waals surface area contributed by atoms with Gasteiger partial charge in [-0.25, -0.2) is 4.79 Å². The largest absolute Gasteiger partial charge is 0.497 e. The van der Waals surface area contributed by atoms with E-state index in [4.69, 9.17) is 10.00 Å². The first kappa shape index (κ1) is 15.3. The van der Waals surface area contributed by atoms with Crippen LogP contribution in [0.3, 0.4) is 0 Å². The fourth-order valence-electron chi connectivity index (χ4n) is 1.93. The lowest BCUT2D eigenvalue weighted by Crippen LogP contribution is -2.28. The van der Waals surface area contributed by atoms with Gasteiger partial charge in [0.2, 0.25) is 0 Å². The van der Waals surface area contributed by atoms with Crippen LogP contribution in [0.5, 0.6) is 5.75 Å². The van der Waals surface area contributed by atoms with Crippen LogP contribution in [0, 0.1) is 18.3 Å². The smallest absolute Gasteiger partial charge is 0.358 e. The molecule has 0 saturated carbocycles. The van der Waals surface area contributed by atoms with Crippen molar-refractivity contribution in [3.63, 3.8) is 0 Å². The van der Waals surface area contributed by atoms with Crippen LogP contribution < -0.4 is 10.3 Å². The number of hydrogen-bond acceptors (Lipinski definition) is 6. The first-order valence-corrected chi connectivity index (χ1v) is 6.30. The van der Waals surface area contributed by atoms with E-state index in [2.05, 4.69) is 9.84 Å². The van der Waals surface area contributed by atoms with Crippen molar-refractivity contribution in [1.82, 2.24) is 9.78 Å². The average molecular weight is 299 g/mol. The van der Waals surface area contributed by atoms with Gasteiger partial charge in [0.1, 0.15) is 17.4 Å². The molecule has 0 aliphatic rings. The van der Waals surface area contributed by atoms with E-state index in [1.165, 1.54) is 21.1 Å². The van der Waals surface area contributed by atoms with Gasteiger partial charge in [-0.05, 0) is 31.2 Å². The molecule has 1 aromatic heterocycles. The van der Waals surface area contributed by atoms with Gasteiger partial charge >= 0.3 is 5.97 Å². The Hall–Kier alpha value is -3.14. The molecule has 7 nitrogen and oxygen atoms in total. The second-order valence-corrected chi connectivity index (χ2v) is 4.37. The monoisotopic (exact) mass is 299 g/mol. The van der Waals surface area contributed by atoms with Gasteiger partial charge in [0, 0.05) is 5.56 Å². The zero-order chi connectivity index (χ0) is 16.3. The number of rotatable bonds is 3. The minimum Gasteiger partial charge on any atom is -0.497 e. The number of benzene rings is 1. The van der Waals surface area contributed by atoms with Crippen LogP contribution in [0.1, 0.15) is 21.6 Å². The predicted molar refractivity (Wildman–Crippen MR) is 77.2 cm³/mol. The van der Waals surface area contributed by atoms with Gasteiger partial charge in [-0.3, -0.25) is 4.79 Å². The summed E-state index contributed by atoms with van der Waals surface area (Å²) in [5, 5.41) is 13.2. The summed E-state index contributed by atoms with van der Waals surface area (Å²) < 4.78 is 10.7. The molecule has 0 unspecified atom stereocenters. The summed E-state index contributed by atoms with van der Waals surface area (Å²) in [6, 6.07) is 8.31. The van der Waals surface area contributed by atoms with Crippen molar-refractivity contribution < 1.29 is 14.3 Å². The van der Waals surface area contributed by atoms with Crippen molar-refractivity contribution in [1.29, 1.82) is 5.26 Å². The van der Waals surface area contributed by atoms with Gasteiger partial charge in [-0.2, -0.15) is 15.0 Å². The molecule has 112 valence electrons. The molecule has 0 aliphatic carbocycles. The Morgan fingerprint density at radius 2 is 1.91 bits per heavy atom. The van der Waals surface area contributed by atoms with Crippen LogP contribution >= 0.6 is 0 Å². The van der Waals surface area contributed by atoms with Crippen molar-refractivity contribution in [2.45, 2.75) is 6.92 Å². The Balaban J connectivity index is 2.72. The van der Waals surface area contributed by atoms with Crippen molar-refractivity contribution >= 4 is 5.97 Å². The zero-order valence-electron chi connectivity index (χ0n) is 12.3. The zero-order valence-corrected chi connectivity index (χ0v) is 12.3. The molecule has 0 N–H and O–H groups in total. The maximum absolute atomic E-state index is 12.3. The molecule has 0 atom stereocenters. The highest BCUT2D eigenvalue weighted by Gasteiger charge is 2.20. The SMILES string of the molecule is COC(=O)c1nn(-c2ccc(OC)cc2)c(=O)c(C#N)c1C. The first-order chi connectivity index (χ1) is 10.5. The standard InChI is InChI=1S/C15H13N3O4/c1-9-12(8-16)14(19)18(17-13(9)15(20)22-3)10-4-6-11(21-2)7-5-10/h4-7H,1-3H3. The van der Waals surface area contributed by atoms with Crippen molar-refractivity contribution in [2.75, 3.05) is 14.2 Å². The lowest BCUT2D eigenvalue weighted by Gasteiger charge is -2.10. The van der Waals surface area contributed by atoms with Gasteiger partial charge in [0.05, 0.1) is 19.9 Å². The number of ether oxygens (including phenoxy) is 2. The molecule has 7 heteroatoms. The Morgan fingerprint density at radius 1 is 1.27 bits per heavy atom. The third kappa shape index (κ3) is 2.54. The van der Waals surface area contributed by atoms with Crippen LogP contribution in [0.15, 0.2) is 29.1 Å². The molecule has 0 saturated heterocycles. The number of carbonyl (C=O) groups excluding carboxylic acids is 1. The Kier molecular flexibility index (Phi) is 4.23. The van der Waals surface area contributed by atoms with Gasteiger partial charge in [-0.1, -0.05) is 0 Å². The molecule has 0 radical (unpaired) electrons. The number of nitrogens with zero attached hydrogens (tertiary/aromatic N) is 3. The quantitative estimate of drug-likeness (QED) is 0.791. The summed E-state index contributed by atoms with van der Waals surface area (Å²) >= 11 is 0. The number of hydrogen-bond donors (Lipinski definition) is 0. The van der Waals surface area contributed by atoms with E-state index in [0.717, 1.165) is 4.68 Å². The summed E-state index contributed by atoms with van der Waals surface area (Å²) in [6.07, 6.45) is 0. The molecule has 0 spiro atoms. The molecule has 1 aromatic carbocycles. The highest BCUT2D eigenvalue weighted by Crippen LogP contribution is 2.15. The molecule has 0 bridgehead atoms. The summed E-state index contributed by atoms with van der Waals surface area (Å²) in [5.41, 5.74) is -0.213. The van der Waals surface area contributed by atoms with E-state index in [1.54, 1.807) is 24.3 Å². The minimum atomic E-state index is -0.712. The highest BCUT2D eigenvalue weighted by molar-refractivity contribution is 5.89. The van der Waals surface area contributed by atoms with Crippen LogP contribution in [-0.2, 0) is 4.74 Å². The predicted octanol–water partition coefficient (Wildman–Crippen LogP) is 1.21. The topological polar surface area (TPSA) is 94.2 Å². The Labute approximate surface area is 126 Å². The summed E-state index contributed by atoms with van der Waals surface area (Å²) in [7, 11) is 2.73. The van der Waals surface area contributed by atoms with Gasteiger partial charge < -0.3 is 9.47 Å². The molecule has 1 heterocycles. The van der Waals surface area contributed by atoms with E-state index in [-0.39, 0.29) is 16.8 Å². The molecule has 2 aromatic rings. The molecule has 22 heavy (non-hydrogen) atoms. The second-order valence-electron chi connectivity index (χ2n) is 4.37. The van der Waals surface area contributed by atoms with Crippen LogP contribution in [0.2, 0.25) is 0 Å². The number of nitriles is 1. The van der Waals surface area contributed by atoms with Crippen molar-refractivity contribution in [3.8, 4) is 17.5 Å². The lowest BCUT2D eigenvalue weighted by molar-refractivity contribution is 0.0590. The number of carbonyl (C=O) groups is 1. The third-order valence-electron chi connectivity index (χ3n) is 3.14. The van der Waals surface area contributed by atoms with Crippen LogP contribution in [0.25, 0.3) is 5.69 Å². The van der Waals surface area contributed by atoms with Gasteiger partial charge in [0.25, 0.3) is 5.56 Å². The average Bonchev–Trinajstić information content (AvgIpc) is 2.55. The number of aromatic nitrogens is 2. The van der Waals surface area contributed by atoms with Crippen molar-refractivity contribution in [2.24, 2.45) is 0 Å². The Morgan fingerprint density at radius 3 is 2.41 bits per heavy atom. The van der Waals surface area contributed by atoms with Gasteiger partial charge in [0.15, 0.2) is 5.69 Å². The van der Waals surface area contributed by atoms with E-state index < -0.39 is 11.5 Å². The van der Waals surface area contributed by atoms with Crippen LogP contribution in [0.4, 0.5) is 0 Å². The molecule has 0 aliphatic heterocycles. The Bertz CT molecular complexity index is 816. The van der Waals surface area contributed by atoms with Crippen molar-refractivity contribution in [3.05, 3.63) is 51.4 Å². The lowest BCUT2D eigenvalue weighted by atomic mass is 10.1. The molecule has 0 amide bonds. The van der Waals surface area contributed by atoms with Gasteiger partial charge in [-0.15, -0.1) is 0 Å². The fourth-order valence-corrected chi connectivity index (χ4v) is 1.93. The highest BCUT2D eigenvalue weighted by atomic mass is 16.5. The summed E-state index contributed by atoms with van der Waals surface area (Å²) in [5.74, 6) is -0.103. The maximum Gasteiger partial charge on any atom is 0.358 e. The van der Waals surface area contributed by atoms with Crippen LogP contribution in [-0.4, -0.2) is 30.0 Å². The number of methoxy groups -OCH3 is 2. The molecule has 0 fully saturated rings. The fraction of sp³-hybridized carbons (Fsp3) is 0.200. The number of esters is 1. The first-order valence-electron chi connectivity index (χ1n) is 6.30. The minimum absolute atomic E-state index is 0.0746. The van der Waals surface area contributed by atoms with E-state index in [9.17, 15) is 9.59 Å². The van der Waals surface area contributed by atoms with E-state index in [0.29, 0.717) is 11.4 Å².